The molecule has 1 fully saturated rings. The Kier molecular flexibility index (Phi) is 5.86. The van der Waals surface area contributed by atoms with Crippen LogP contribution in [0.5, 0.6) is 0 Å². The van der Waals surface area contributed by atoms with Crippen LogP contribution in [0.25, 0.3) is 6.08 Å². The van der Waals surface area contributed by atoms with Gasteiger partial charge < -0.3 is 0 Å². The van der Waals surface area contributed by atoms with Crippen molar-refractivity contribution in [3.05, 3.63) is 41.5 Å². The smallest absolute Gasteiger partial charge is 0.0136 e. The summed E-state index contributed by atoms with van der Waals surface area (Å²) in [6, 6.07) is 7.67. The van der Waals surface area contributed by atoms with E-state index in [1.165, 1.54) is 55.5 Å². The Morgan fingerprint density at radius 3 is 2.55 bits per heavy atom. The average molecular weight is 300 g/mol. The van der Waals surface area contributed by atoms with Crippen molar-refractivity contribution >= 4 is 6.08 Å². The van der Waals surface area contributed by atoms with Crippen molar-refractivity contribution < 1.29 is 0 Å². The highest BCUT2D eigenvalue weighted by Gasteiger charge is 2.37. The molecule has 0 bridgehead atoms. The number of aryl methyl sites for hydroxylation is 1. The molecular weight excluding hydrogens is 266 g/mol. The summed E-state index contributed by atoms with van der Waals surface area (Å²) >= 11 is 0. The molecule has 1 aliphatic rings. The molecule has 0 radical (unpaired) electrons. The van der Waals surface area contributed by atoms with Gasteiger partial charge in [0.2, 0.25) is 0 Å². The molecule has 1 aliphatic heterocycles. The third kappa shape index (κ3) is 4.23. The lowest BCUT2D eigenvalue weighted by atomic mass is 9.81. The molecule has 1 nitrogen and oxygen atoms in total. The SMILES string of the molecule is C=Cc1ccc(CC(CCCC)N2CC(C)(C)C2)cc1CC. The third-order valence-electron chi connectivity index (χ3n) is 4.95. The monoisotopic (exact) mass is 299 g/mol. The van der Waals surface area contributed by atoms with E-state index < -0.39 is 0 Å². The fourth-order valence-electron chi connectivity index (χ4n) is 3.73. The zero-order chi connectivity index (χ0) is 16.2. The number of likely N-dealkylation sites (tertiary alicyclic amines) is 1. The van der Waals surface area contributed by atoms with Crippen LogP contribution < -0.4 is 0 Å². The first-order valence-corrected chi connectivity index (χ1v) is 8.97. The van der Waals surface area contributed by atoms with E-state index in [1.54, 1.807) is 0 Å². The zero-order valence-electron chi connectivity index (χ0n) is 15.0. The second-order valence-electron chi connectivity index (χ2n) is 7.66. The molecule has 122 valence electrons. The van der Waals surface area contributed by atoms with Gasteiger partial charge >= 0.3 is 0 Å². The largest absolute Gasteiger partial charge is 0.299 e. The summed E-state index contributed by atoms with van der Waals surface area (Å²) in [7, 11) is 0. The van der Waals surface area contributed by atoms with Crippen molar-refractivity contribution in [1.29, 1.82) is 0 Å². The second kappa shape index (κ2) is 7.46. The van der Waals surface area contributed by atoms with E-state index in [0.29, 0.717) is 11.5 Å². The minimum atomic E-state index is 0.520. The van der Waals surface area contributed by atoms with Crippen LogP contribution in [-0.2, 0) is 12.8 Å². The van der Waals surface area contributed by atoms with Gasteiger partial charge in [-0.1, -0.05) is 71.4 Å². The van der Waals surface area contributed by atoms with Gasteiger partial charge in [-0.15, -0.1) is 0 Å². The molecule has 0 aromatic heterocycles. The molecule has 0 saturated carbocycles. The van der Waals surface area contributed by atoms with E-state index in [2.05, 4.69) is 57.4 Å². The third-order valence-corrected chi connectivity index (χ3v) is 4.95. The van der Waals surface area contributed by atoms with E-state index in [-0.39, 0.29) is 0 Å². The molecular formula is C21H33N. The average Bonchev–Trinajstić information content (AvgIpc) is 2.48. The molecule has 0 amide bonds. The van der Waals surface area contributed by atoms with Gasteiger partial charge in [0, 0.05) is 19.1 Å². The molecule has 1 heterocycles. The molecule has 1 aromatic rings. The van der Waals surface area contributed by atoms with Gasteiger partial charge in [-0.25, -0.2) is 0 Å². The molecule has 0 aliphatic carbocycles. The quantitative estimate of drug-likeness (QED) is 0.626. The molecule has 1 unspecified atom stereocenters. The molecule has 1 saturated heterocycles. The van der Waals surface area contributed by atoms with Crippen molar-refractivity contribution in [2.45, 2.75) is 65.8 Å². The normalized spacial score (nSPS) is 18.7. The maximum atomic E-state index is 3.93. The molecule has 0 N–H and O–H groups in total. The lowest BCUT2D eigenvalue weighted by Crippen LogP contribution is -2.57. The minimum Gasteiger partial charge on any atom is -0.299 e. The fourth-order valence-corrected chi connectivity index (χ4v) is 3.73. The predicted molar refractivity (Wildman–Crippen MR) is 98.3 cm³/mol. The summed E-state index contributed by atoms with van der Waals surface area (Å²) in [6.07, 6.45) is 8.23. The topological polar surface area (TPSA) is 3.24 Å². The summed E-state index contributed by atoms with van der Waals surface area (Å²) in [4.78, 5) is 2.70. The van der Waals surface area contributed by atoms with Crippen LogP contribution >= 0.6 is 0 Å². The Balaban J connectivity index is 2.08. The van der Waals surface area contributed by atoms with Gasteiger partial charge in [0.1, 0.15) is 0 Å². The lowest BCUT2D eigenvalue weighted by Gasteiger charge is -2.50. The van der Waals surface area contributed by atoms with Crippen LogP contribution in [0.4, 0.5) is 0 Å². The first kappa shape index (κ1) is 17.3. The van der Waals surface area contributed by atoms with Crippen molar-refractivity contribution in [2.75, 3.05) is 13.1 Å². The minimum absolute atomic E-state index is 0.520. The van der Waals surface area contributed by atoms with Crippen molar-refractivity contribution in [1.82, 2.24) is 4.90 Å². The first-order valence-electron chi connectivity index (χ1n) is 8.97. The predicted octanol–water partition coefficient (Wildman–Crippen LogP) is 5.34. The van der Waals surface area contributed by atoms with Crippen LogP contribution in [0, 0.1) is 5.41 Å². The molecule has 1 aromatic carbocycles. The second-order valence-corrected chi connectivity index (χ2v) is 7.66. The van der Waals surface area contributed by atoms with E-state index in [0.717, 1.165) is 6.42 Å². The Morgan fingerprint density at radius 2 is 2.00 bits per heavy atom. The van der Waals surface area contributed by atoms with Gasteiger partial charge in [0.05, 0.1) is 0 Å². The summed E-state index contributed by atoms with van der Waals surface area (Å²) < 4.78 is 0. The van der Waals surface area contributed by atoms with Crippen LogP contribution in [-0.4, -0.2) is 24.0 Å². The Hall–Kier alpha value is -1.08. The number of nitrogens with zero attached hydrogens (tertiary/aromatic N) is 1. The number of hydrogen-bond donors (Lipinski definition) is 0. The maximum Gasteiger partial charge on any atom is 0.0136 e. The Bertz CT molecular complexity index is 493. The highest BCUT2D eigenvalue weighted by atomic mass is 15.2. The lowest BCUT2D eigenvalue weighted by molar-refractivity contribution is -0.00923. The van der Waals surface area contributed by atoms with E-state index in [4.69, 9.17) is 0 Å². The standard InChI is InChI=1S/C21H33N/c1-6-9-10-20(22-15-21(4,5)16-22)14-17-11-12-18(7-2)19(8-3)13-17/h7,11-13,20H,2,6,8-10,14-16H2,1,3-5H3. The number of rotatable bonds is 8. The number of hydrogen-bond acceptors (Lipinski definition) is 1. The maximum absolute atomic E-state index is 3.93. The number of benzene rings is 1. The van der Waals surface area contributed by atoms with E-state index in [9.17, 15) is 0 Å². The van der Waals surface area contributed by atoms with Crippen LogP contribution in [0.15, 0.2) is 24.8 Å². The summed E-state index contributed by atoms with van der Waals surface area (Å²) in [5.74, 6) is 0. The molecule has 22 heavy (non-hydrogen) atoms. The van der Waals surface area contributed by atoms with Gasteiger partial charge in [0.15, 0.2) is 0 Å². The molecule has 1 atom stereocenters. The van der Waals surface area contributed by atoms with Crippen LogP contribution in [0.2, 0.25) is 0 Å². The highest BCUT2D eigenvalue weighted by molar-refractivity contribution is 5.53. The van der Waals surface area contributed by atoms with E-state index in [1.807, 2.05) is 6.08 Å². The Morgan fingerprint density at radius 1 is 1.27 bits per heavy atom. The van der Waals surface area contributed by atoms with Crippen molar-refractivity contribution in [2.24, 2.45) is 5.41 Å². The van der Waals surface area contributed by atoms with E-state index >= 15 is 0 Å². The zero-order valence-corrected chi connectivity index (χ0v) is 15.0. The highest BCUT2D eigenvalue weighted by Crippen LogP contribution is 2.33. The first-order chi connectivity index (χ1) is 10.5. The Labute approximate surface area is 137 Å². The van der Waals surface area contributed by atoms with Crippen LogP contribution in [0.1, 0.15) is 63.6 Å². The van der Waals surface area contributed by atoms with Crippen LogP contribution in [0.3, 0.4) is 0 Å². The summed E-state index contributed by atoms with van der Waals surface area (Å²) in [5, 5.41) is 0. The van der Waals surface area contributed by atoms with Crippen molar-refractivity contribution in [3.8, 4) is 0 Å². The molecule has 1 heteroatoms. The summed E-state index contributed by atoms with van der Waals surface area (Å²) in [5.41, 5.74) is 4.74. The van der Waals surface area contributed by atoms with Gasteiger partial charge in [-0.2, -0.15) is 0 Å². The van der Waals surface area contributed by atoms with Crippen molar-refractivity contribution in [3.63, 3.8) is 0 Å². The van der Waals surface area contributed by atoms with Gasteiger partial charge in [-0.05, 0) is 41.4 Å². The molecule has 2 rings (SSSR count). The summed E-state index contributed by atoms with van der Waals surface area (Å²) in [6.45, 7) is 15.7. The van der Waals surface area contributed by atoms with Gasteiger partial charge in [-0.3, -0.25) is 4.90 Å². The van der Waals surface area contributed by atoms with Gasteiger partial charge in [0.25, 0.3) is 0 Å². The number of unbranched alkanes of at least 4 members (excludes halogenated alkanes) is 1. The fraction of sp³-hybridized carbons (Fsp3) is 0.619. The molecule has 0 spiro atoms.